The van der Waals surface area contributed by atoms with E-state index < -0.39 is 0 Å². The van der Waals surface area contributed by atoms with Gasteiger partial charge in [-0.1, -0.05) is 12.1 Å². The summed E-state index contributed by atoms with van der Waals surface area (Å²) >= 11 is 0. The molecule has 0 saturated carbocycles. The van der Waals surface area contributed by atoms with Crippen molar-refractivity contribution in [2.24, 2.45) is 0 Å². The highest BCUT2D eigenvalue weighted by atomic mass is 16.3. The summed E-state index contributed by atoms with van der Waals surface area (Å²) in [5, 5.41) is 9.25. The number of amides is 1. The molecule has 21 heavy (non-hydrogen) atoms. The molecule has 1 atom stereocenters. The Morgan fingerprint density at radius 3 is 3.00 bits per heavy atom. The Labute approximate surface area is 122 Å². The van der Waals surface area contributed by atoms with Crippen LogP contribution in [0, 0.1) is 0 Å². The molecule has 0 bridgehead atoms. The number of nitrogens with zero attached hydrogens (tertiary/aromatic N) is 3. The Hall–Kier alpha value is -2.27. The Balaban J connectivity index is 1.76. The number of para-hydroxylation sites is 2. The van der Waals surface area contributed by atoms with Crippen LogP contribution >= 0.6 is 0 Å². The number of likely N-dealkylation sites (tertiary alicyclic amines) is 1. The normalized spacial score (nSPS) is 18.7. The highest BCUT2D eigenvalue weighted by Gasteiger charge is 2.26. The number of aliphatic hydroxyl groups is 1. The maximum Gasteiger partial charge on any atom is 0.246 e. The van der Waals surface area contributed by atoms with Gasteiger partial charge in [-0.05, 0) is 31.1 Å². The molecule has 2 aromatic rings. The lowest BCUT2D eigenvalue weighted by atomic mass is 10.2. The van der Waals surface area contributed by atoms with Gasteiger partial charge in [0.2, 0.25) is 5.91 Å². The summed E-state index contributed by atoms with van der Waals surface area (Å²) in [6.45, 7) is 0.729. The van der Waals surface area contributed by atoms with Crippen molar-refractivity contribution >= 4 is 23.0 Å². The van der Waals surface area contributed by atoms with Gasteiger partial charge in [-0.2, -0.15) is 0 Å². The minimum atomic E-state index is -0.0819. The molecule has 1 aromatic carbocycles. The molecule has 1 aromatic heterocycles. The predicted octanol–water partition coefficient (Wildman–Crippen LogP) is 1.63. The molecule has 0 aliphatic carbocycles. The van der Waals surface area contributed by atoms with Crippen molar-refractivity contribution in [2.75, 3.05) is 13.2 Å². The monoisotopic (exact) mass is 283 g/mol. The molecule has 0 spiro atoms. The summed E-state index contributed by atoms with van der Waals surface area (Å²) < 4.78 is 0. The van der Waals surface area contributed by atoms with Gasteiger partial charge in [-0.3, -0.25) is 9.78 Å². The molecule has 5 nitrogen and oxygen atoms in total. The molecule has 1 unspecified atom stereocenters. The fourth-order valence-electron chi connectivity index (χ4n) is 2.62. The highest BCUT2D eigenvalue weighted by molar-refractivity contribution is 5.92. The van der Waals surface area contributed by atoms with Gasteiger partial charge < -0.3 is 10.0 Å². The van der Waals surface area contributed by atoms with Crippen LogP contribution in [-0.2, 0) is 4.79 Å². The molecule has 1 aliphatic rings. The second-order valence-electron chi connectivity index (χ2n) is 5.13. The first kappa shape index (κ1) is 13.7. The topological polar surface area (TPSA) is 66.3 Å². The number of aliphatic hydroxyl groups excluding tert-OH is 1. The van der Waals surface area contributed by atoms with Crippen molar-refractivity contribution in [1.29, 1.82) is 0 Å². The van der Waals surface area contributed by atoms with Crippen LogP contribution in [0.25, 0.3) is 17.1 Å². The first-order chi connectivity index (χ1) is 10.3. The zero-order valence-electron chi connectivity index (χ0n) is 11.6. The van der Waals surface area contributed by atoms with Crippen molar-refractivity contribution in [2.45, 2.75) is 18.9 Å². The summed E-state index contributed by atoms with van der Waals surface area (Å²) in [6.07, 6.45) is 6.65. The van der Waals surface area contributed by atoms with E-state index in [0.29, 0.717) is 12.2 Å². The minimum absolute atomic E-state index is 0.0232. The van der Waals surface area contributed by atoms with Gasteiger partial charge in [-0.25, -0.2) is 4.98 Å². The predicted molar refractivity (Wildman–Crippen MR) is 80.4 cm³/mol. The first-order valence-corrected chi connectivity index (χ1v) is 7.09. The molecule has 3 rings (SSSR count). The van der Waals surface area contributed by atoms with Gasteiger partial charge in [0, 0.05) is 12.6 Å². The third-order valence-electron chi connectivity index (χ3n) is 3.73. The molecule has 0 radical (unpaired) electrons. The molecule has 5 heteroatoms. The van der Waals surface area contributed by atoms with E-state index in [2.05, 4.69) is 9.97 Å². The van der Waals surface area contributed by atoms with E-state index in [1.54, 1.807) is 17.2 Å². The zero-order valence-corrected chi connectivity index (χ0v) is 11.6. The quantitative estimate of drug-likeness (QED) is 0.869. The largest absolute Gasteiger partial charge is 0.394 e. The average molecular weight is 283 g/mol. The molecule has 1 fully saturated rings. The van der Waals surface area contributed by atoms with Crippen LogP contribution < -0.4 is 0 Å². The van der Waals surface area contributed by atoms with Crippen LogP contribution in [0.5, 0.6) is 0 Å². The average Bonchev–Trinajstić information content (AvgIpc) is 3.01. The fourth-order valence-corrected chi connectivity index (χ4v) is 2.62. The Bertz CT molecular complexity index is 684. The molecular formula is C16H17N3O2. The maximum absolute atomic E-state index is 12.1. The zero-order chi connectivity index (χ0) is 14.7. The minimum Gasteiger partial charge on any atom is -0.394 e. The van der Waals surface area contributed by atoms with Crippen LogP contribution in [0.1, 0.15) is 18.5 Å². The van der Waals surface area contributed by atoms with E-state index in [-0.39, 0.29) is 18.6 Å². The summed E-state index contributed by atoms with van der Waals surface area (Å²) in [7, 11) is 0. The van der Waals surface area contributed by atoms with E-state index in [1.165, 1.54) is 6.08 Å². The second kappa shape index (κ2) is 6.01. The molecule has 1 N–H and O–H groups in total. The van der Waals surface area contributed by atoms with Crippen LogP contribution in [0.2, 0.25) is 0 Å². The molecule has 1 amide bonds. The summed E-state index contributed by atoms with van der Waals surface area (Å²) in [5.41, 5.74) is 2.30. The highest BCUT2D eigenvalue weighted by Crippen LogP contribution is 2.17. The van der Waals surface area contributed by atoms with Gasteiger partial charge in [0.05, 0.1) is 35.6 Å². The first-order valence-electron chi connectivity index (χ1n) is 7.09. The van der Waals surface area contributed by atoms with Crippen LogP contribution in [0.3, 0.4) is 0 Å². The number of aromatic nitrogens is 2. The van der Waals surface area contributed by atoms with Crippen LogP contribution in [0.4, 0.5) is 0 Å². The van der Waals surface area contributed by atoms with E-state index in [4.69, 9.17) is 0 Å². The van der Waals surface area contributed by atoms with Gasteiger partial charge in [0.15, 0.2) is 0 Å². The number of hydrogen-bond donors (Lipinski definition) is 1. The molecule has 1 aliphatic heterocycles. The second-order valence-corrected chi connectivity index (χ2v) is 5.13. The summed E-state index contributed by atoms with van der Waals surface area (Å²) in [4.78, 5) is 22.6. The summed E-state index contributed by atoms with van der Waals surface area (Å²) in [5.74, 6) is -0.0819. The standard InChI is InChI=1S/C16H17N3O2/c20-11-13-4-3-9-19(13)16(21)8-7-12-10-17-14-5-1-2-6-15(14)18-12/h1-2,5-8,10,13,20H,3-4,9,11H2. The van der Waals surface area contributed by atoms with Gasteiger partial charge in [-0.15, -0.1) is 0 Å². The lowest BCUT2D eigenvalue weighted by molar-refractivity contribution is -0.127. The molecule has 108 valence electrons. The van der Waals surface area contributed by atoms with E-state index in [1.807, 2.05) is 24.3 Å². The lowest BCUT2D eigenvalue weighted by Crippen LogP contribution is -2.36. The third-order valence-corrected chi connectivity index (χ3v) is 3.73. The van der Waals surface area contributed by atoms with Crippen molar-refractivity contribution in [3.63, 3.8) is 0 Å². The van der Waals surface area contributed by atoms with Crippen LogP contribution in [-0.4, -0.2) is 45.1 Å². The maximum atomic E-state index is 12.1. The SMILES string of the molecule is O=C(C=Cc1cnc2ccccc2n1)N1CCCC1CO. The number of carbonyl (C=O) groups is 1. The number of rotatable bonds is 3. The summed E-state index contributed by atoms with van der Waals surface area (Å²) in [6, 6.07) is 7.57. The number of hydrogen-bond acceptors (Lipinski definition) is 4. The molecule has 2 heterocycles. The molecule has 1 saturated heterocycles. The molecular weight excluding hydrogens is 266 g/mol. The Kier molecular flexibility index (Phi) is 3.92. The van der Waals surface area contributed by atoms with E-state index >= 15 is 0 Å². The van der Waals surface area contributed by atoms with Crippen molar-refractivity contribution in [3.05, 3.63) is 42.2 Å². The smallest absolute Gasteiger partial charge is 0.246 e. The van der Waals surface area contributed by atoms with E-state index in [9.17, 15) is 9.90 Å². The van der Waals surface area contributed by atoms with Crippen molar-refractivity contribution < 1.29 is 9.90 Å². The van der Waals surface area contributed by atoms with Gasteiger partial charge >= 0.3 is 0 Å². The Morgan fingerprint density at radius 1 is 1.38 bits per heavy atom. The van der Waals surface area contributed by atoms with Gasteiger partial charge in [0.25, 0.3) is 0 Å². The van der Waals surface area contributed by atoms with Crippen molar-refractivity contribution in [3.8, 4) is 0 Å². The number of benzene rings is 1. The van der Waals surface area contributed by atoms with E-state index in [0.717, 1.165) is 23.9 Å². The lowest BCUT2D eigenvalue weighted by Gasteiger charge is -2.21. The number of fused-ring (bicyclic) bond motifs is 1. The van der Waals surface area contributed by atoms with Gasteiger partial charge in [0.1, 0.15) is 0 Å². The van der Waals surface area contributed by atoms with Crippen LogP contribution in [0.15, 0.2) is 36.5 Å². The van der Waals surface area contributed by atoms with Crippen molar-refractivity contribution in [1.82, 2.24) is 14.9 Å². The Morgan fingerprint density at radius 2 is 2.19 bits per heavy atom. The number of carbonyl (C=O) groups excluding carboxylic acids is 1. The fraction of sp³-hybridized carbons (Fsp3) is 0.312. The third kappa shape index (κ3) is 2.92.